The van der Waals surface area contributed by atoms with E-state index in [1.807, 2.05) is 0 Å². The van der Waals surface area contributed by atoms with E-state index in [4.69, 9.17) is 10.7 Å². The minimum atomic E-state index is -3.87. The van der Waals surface area contributed by atoms with Crippen molar-refractivity contribution in [2.45, 2.75) is 12.7 Å². The van der Waals surface area contributed by atoms with Crippen molar-refractivity contribution in [3.05, 3.63) is 34.9 Å². The Morgan fingerprint density at radius 3 is 2.43 bits per heavy atom. The maximum Gasteiger partial charge on any atom is 0.236 e. The molecule has 0 aliphatic carbocycles. The minimum Gasteiger partial charge on any atom is -0.212 e. The normalized spacial score (nSPS) is 11.7. The summed E-state index contributed by atoms with van der Waals surface area (Å²) in [5.74, 6) is -2.95. The molecule has 1 aromatic rings. The highest BCUT2D eigenvalue weighted by atomic mass is 35.7. The van der Waals surface area contributed by atoms with Crippen molar-refractivity contribution in [1.29, 1.82) is 0 Å². The van der Waals surface area contributed by atoms with Crippen LogP contribution >= 0.6 is 10.7 Å². The first kappa shape index (κ1) is 11.4. The standard InChI is InChI=1S/C8H7ClF2O2S/c1-5-2-6(4-14(9,12)13)8(11)7(10)3-5/h2-3H,4H2,1H3. The zero-order valence-corrected chi connectivity index (χ0v) is 8.79. The second-order valence-corrected chi connectivity index (χ2v) is 5.68. The van der Waals surface area contributed by atoms with E-state index < -0.39 is 26.4 Å². The molecule has 0 fully saturated rings. The molecule has 0 aliphatic rings. The Kier molecular flexibility index (Phi) is 3.11. The third-order valence-electron chi connectivity index (χ3n) is 1.58. The summed E-state index contributed by atoms with van der Waals surface area (Å²) in [6.07, 6.45) is 0. The van der Waals surface area contributed by atoms with Crippen molar-refractivity contribution in [3.8, 4) is 0 Å². The van der Waals surface area contributed by atoms with Crippen molar-refractivity contribution in [3.63, 3.8) is 0 Å². The lowest BCUT2D eigenvalue weighted by Crippen LogP contribution is -2.01. The van der Waals surface area contributed by atoms with Crippen LogP contribution in [0.2, 0.25) is 0 Å². The molecule has 2 nitrogen and oxygen atoms in total. The molecule has 0 atom stereocenters. The summed E-state index contributed by atoms with van der Waals surface area (Å²) in [6.45, 7) is 1.53. The highest BCUT2D eigenvalue weighted by Crippen LogP contribution is 2.18. The van der Waals surface area contributed by atoms with E-state index in [2.05, 4.69) is 0 Å². The van der Waals surface area contributed by atoms with E-state index in [-0.39, 0.29) is 5.56 Å². The first-order valence-corrected chi connectivity index (χ1v) is 6.14. The Balaban J connectivity index is 3.22. The highest BCUT2D eigenvalue weighted by molar-refractivity contribution is 8.13. The van der Waals surface area contributed by atoms with Gasteiger partial charge in [-0.05, 0) is 18.6 Å². The van der Waals surface area contributed by atoms with Crippen LogP contribution < -0.4 is 0 Å². The Labute approximate surface area is 84.9 Å². The lowest BCUT2D eigenvalue weighted by atomic mass is 10.1. The van der Waals surface area contributed by atoms with Crippen LogP contribution in [0, 0.1) is 18.6 Å². The summed E-state index contributed by atoms with van der Waals surface area (Å²) < 4.78 is 47.1. The van der Waals surface area contributed by atoms with Gasteiger partial charge in [-0.3, -0.25) is 0 Å². The topological polar surface area (TPSA) is 34.1 Å². The molecule has 6 heteroatoms. The Bertz CT molecular complexity index is 457. The van der Waals surface area contributed by atoms with E-state index in [9.17, 15) is 17.2 Å². The summed E-state index contributed by atoms with van der Waals surface area (Å²) in [7, 11) is 1.06. The third kappa shape index (κ3) is 2.92. The van der Waals surface area contributed by atoms with Gasteiger partial charge in [0, 0.05) is 16.2 Å². The van der Waals surface area contributed by atoms with Crippen molar-refractivity contribution in [2.75, 3.05) is 0 Å². The molecular formula is C8H7ClF2O2S. The first-order valence-electron chi connectivity index (χ1n) is 3.66. The zero-order chi connectivity index (χ0) is 10.9. The maximum absolute atomic E-state index is 13.0. The summed E-state index contributed by atoms with van der Waals surface area (Å²) in [6, 6.07) is 2.23. The molecule has 14 heavy (non-hydrogen) atoms. The Morgan fingerprint density at radius 2 is 1.93 bits per heavy atom. The Morgan fingerprint density at radius 1 is 1.36 bits per heavy atom. The molecular weight excluding hydrogens is 234 g/mol. The van der Waals surface area contributed by atoms with Crippen molar-refractivity contribution in [1.82, 2.24) is 0 Å². The third-order valence-corrected chi connectivity index (χ3v) is 2.56. The fraction of sp³-hybridized carbons (Fsp3) is 0.250. The van der Waals surface area contributed by atoms with Gasteiger partial charge >= 0.3 is 0 Å². The monoisotopic (exact) mass is 240 g/mol. The van der Waals surface area contributed by atoms with Crippen molar-refractivity contribution in [2.24, 2.45) is 0 Å². The molecule has 0 spiro atoms. The van der Waals surface area contributed by atoms with Crippen molar-refractivity contribution < 1.29 is 17.2 Å². The van der Waals surface area contributed by atoms with Crippen molar-refractivity contribution >= 4 is 19.7 Å². The van der Waals surface area contributed by atoms with E-state index in [1.54, 1.807) is 0 Å². The fourth-order valence-electron chi connectivity index (χ4n) is 1.09. The van der Waals surface area contributed by atoms with Gasteiger partial charge in [0.15, 0.2) is 11.6 Å². The van der Waals surface area contributed by atoms with Gasteiger partial charge in [-0.25, -0.2) is 17.2 Å². The average molecular weight is 241 g/mol. The number of benzene rings is 1. The molecule has 0 radical (unpaired) electrons. The van der Waals surface area contributed by atoms with Gasteiger partial charge in [0.25, 0.3) is 0 Å². The molecule has 78 valence electrons. The SMILES string of the molecule is Cc1cc(F)c(F)c(CS(=O)(=O)Cl)c1. The van der Waals surface area contributed by atoms with Gasteiger partial charge in [0.2, 0.25) is 9.05 Å². The van der Waals surface area contributed by atoms with Gasteiger partial charge in [-0.1, -0.05) is 6.07 Å². The summed E-state index contributed by atoms with van der Waals surface area (Å²) in [4.78, 5) is 0. The van der Waals surface area contributed by atoms with Gasteiger partial charge in [0.1, 0.15) is 0 Å². The largest absolute Gasteiger partial charge is 0.236 e. The van der Waals surface area contributed by atoms with E-state index in [0.29, 0.717) is 5.56 Å². The predicted molar refractivity (Wildman–Crippen MR) is 49.6 cm³/mol. The van der Waals surface area contributed by atoms with Gasteiger partial charge in [-0.15, -0.1) is 0 Å². The highest BCUT2D eigenvalue weighted by Gasteiger charge is 2.15. The van der Waals surface area contributed by atoms with Crippen LogP contribution in [-0.2, 0) is 14.8 Å². The number of hydrogen-bond donors (Lipinski definition) is 0. The molecule has 0 saturated carbocycles. The van der Waals surface area contributed by atoms with Crippen LogP contribution in [0.3, 0.4) is 0 Å². The predicted octanol–water partition coefficient (Wildman–Crippen LogP) is 2.34. The average Bonchev–Trinajstić information content (AvgIpc) is 1.96. The number of halogens is 3. The number of aryl methyl sites for hydroxylation is 1. The number of rotatable bonds is 2. The zero-order valence-electron chi connectivity index (χ0n) is 7.22. The van der Waals surface area contributed by atoms with Crippen LogP contribution in [0.5, 0.6) is 0 Å². The molecule has 0 amide bonds. The van der Waals surface area contributed by atoms with Gasteiger partial charge in [0.05, 0.1) is 5.75 Å². The molecule has 0 saturated heterocycles. The lowest BCUT2D eigenvalue weighted by molar-refractivity contribution is 0.500. The van der Waals surface area contributed by atoms with E-state index in [0.717, 1.165) is 6.07 Å². The minimum absolute atomic E-state index is 0.252. The Hall–Kier alpha value is -0.680. The van der Waals surface area contributed by atoms with E-state index in [1.165, 1.54) is 13.0 Å². The quantitative estimate of drug-likeness (QED) is 0.744. The molecule has 0 aliphatic heterocycles. The smallest absolute Gasteiger partial charge is 0.212 e. The molecule has 0 unspecified atom stereocenters. The maximum atomic E-state index is 13.0. The molecule has 1 aromatic carbocycles. The molecule has 0 N–H and O–H groups in total. The van der Waals surface area contributed by atoms with Gasteiger partial charge in [-0.2, -0.15) is 0 Å². The van der Waals surface area contributed by atoms with Gasteiger partial charge < -0.3 is 0 Å². The first-order chi connectivity index (χ1) is 6.29. The number of hydrogen-bond acceptors (Lipinski definition) is 2. The summed E-state index contributed by atoms with van der Waals surface area (Å²) >= 11 is 0. The lowest BCUT2D eigenvalue weighted by Gasteiger charge is -2.03. The van der Waals surface area contributed by atoms with Crippen LogP contribution in [0.15, 0.2) is 12.1 Å². The summed E-state index contributed by atoms with van der Waals surface area (Å²) in [5.41, 5.74) is 0.191. The molecule has 1 rings (SSSR count). The van der Waals surface area contributed by atoms with Crippen LogP contribution in [-0.4, -0.2) is 8.42 Å². The summed E-state index contributed by atoms with van der Waals surface area (Å²) in [5, 5.41) is 0. The second kappa shape index (κ2) is 3.82. The molecule has 0 aromatic heterocycles. The van der Waals surface area contributed by atoms with E-state index >= 15 is 0 Å². The van der Waals surface area contributed by atoms with Crippen LogP contribution in [0.4, 0.5) is 8.78 Å². The molecule has 0 bridgehead atoms. The fourth-order valence-corrected chi connectivity index (χ4v) is 2.02. The second-order valence-electron chi connectivity index (χ2n) is 2.90. The van der Waals surface area contributed by atoms with Crippen LogP contribution in [0.1, 0.15) is 11.1 Å². The van der Waals surface area contributed by atoms with Crippen LogP contribution in [0.25, 0.3) is 0 Å². The molecule has 0 heterocycles.